The highest BCUT2D eigenvalue weighted by atomic mass is 32.2. The lowest BCUT2D eigenvalue weighted by Gasteiger charge is -2.22. The van der Waals surface area contributed by atoms with Crippen molar-refractivity contribution in [1.29, 1.82) is 0 Å². The monoisotopic (exact) mass is 376 g/mol. The molecule has 1 N–H and O–H groups in total. The Bertz CT molecular complexity index is 822. The van der Waals surface area contributed by atoms with Crippen LogP contribution < -0.4 is 9.46 Å². The van der Waals surface area contributed by atoms with Crippen LogP contribution in [-0.4, -0.2) is 46.0 Å². The predicted molar refractivity (Wildman–Crippen MR) is 101 cm³/mol. The number of benzene rings is 2. The van der Waals surface area contributed by atoms with Crippen LogP contribution >= 0.6 is 0 Å². The SMILES string of the molecule is COc1ccccc1CCN(CCNS(=O)(=O)c1ccccc1)C(C)=O. The summed E-state index contributed by atoms with van der Waals surface area (Å²) in [5, 5.41) is 0. The van der Waals surface area contributed by atoms with Crippen LogP contribution in [0.5, 0.6) is 5.75 Å². The molecule has 0 saturated heterocycles. The molecule has 7 heteroatoms. The first kappa shape index (κ1) is 19.9. The summed E-state index contributed by atoms with van der Waals surface area (Å²) in [5.74, 6) is 0.680. The van der Waals surface area contributed by atoms with E-state index in [4.69, 9.17) is 4.74 Å². The molecule has 0 spiro atoms. The molecular formula is C19H24N2O4S. The van der Waals surface area contributed by atoms with Crippen LogP contribution in [0.25, 0.3) is 0 Å². The standard InChI is InChI=1S/C19H24N2O4S/c1-16(22)21(14-12-17-8-6-7-11-19(17)25-2)15-13-20-26(23,24)18-9-4-3-5-10-18/h3-11,20H,12-15H2,1-2H3. The molecule has 2 rings (SSSR count). The molecule has 0 heterocycles. The average molecular weight is 376 g/mol. The number of carbonyl (C=O) groups excluding carboxylic acids is 1. The molecule has 2 aromatic carbocycles. The Morgan fingerprint density at radius 3 is 2.35 bits per heavy atom. The van der Waals surface area contributed by atoms with Crippen LogP contribution in [0, 0.1) is 0 Å². The Morgan fingerprint density at radius 2 is 1.69 bits per heavy atom. The maximum Gasteiger partial charge on any atom is 0.240 e. The molecule has 0 unspecified atom stereocenters. The zero-order valence-electron chi connectivity index (χ0n) is 15.0. The fourth-order valence-electron chi connectivity index (χ4n) is 2.59. The third-order valence-corrected chi connectivity index (χ3v) is 5.49. The molecule has 0 aromatic heterocycles. The summed E-state index contributed by atoms with van der Waals surface area (Å²) >= 11 is 0. The number of carbonyl (C=O) groups is 1. The van der Waals surface area contributed by atoms with E-state index in [1.807, 2.05) is 24.3 Å². The van der Waals surface area contributed by atoms with Crippen LogP contribution in [0.3, 0.4) is 0 Å². The highest BCUT2D eigenvalue weighted by Gasteiger charge is 2.15. The highest BCUT2D eigenvalue weighted by Crippen LogP contribution is 2.18. The lowest BCUT2D eigenvalue weighted by atomic mass is 10.1. The third kappa shape index (κ3) is 5.57. The molecule has 140 valence electrons. The van der Waals surface area contributed by atoms with E-state index >= 15 is 0 Å². The van der Waals surface area contributed by atoms with E-state index in [2.05, 4.69) is 4.72 Å². The molecule has 6 nitrogen and oxygen atoms in total. The minimum absolute atomic E-state index is 0.0983. The maximum absolute atomic E-state index is 12.2. The van der Waals surface area contributed by atoms with Gasteiger partial charge in [-0.25, -0.2) is 13.1 Å². The quantitative estimate of drug-likeness (QED) is 0.727. The van der Waals surface area contributed by atoms with Crippen LogP contribution in [0.1, 0.15) is 12.5 Å². The Hall–Kier alpha value is -2.38. The van der Waals surface area contributed by atoms with Crippen LogP contribution in [-0.2, 0) is 21.2 Å². The lowest BCUT2D eigenvalue weighted by Crippen LogP contribution is -2.38. The van der Waals surface area contributed by atoms with Crippen molar-refractivity contribution in [3.05, 3.63) is 60.2 Å². The van der Waals surface area contributed by atoms with Gasteiger partial charge < -0.3 is 9.64 Å². The maximum atomic E-state index is 12.2. The first-order chi connectivity index (χ1) is 12.4. The fraction of sp³-hybridized carbons (Fsp3) is 0.316. The molecule has 26 heavy (non-hydrogen) atoms. The summed E-state index contributed by atoms with van der Waals surface area (Å²) < 4.78 is 32.3. The molecule has 0 atom stereocenters. The normalized spacial score (nSPS) is 11.2. The van der Waals surface area contributed by atoms with Gasteiger partial charge in [-0.05, 0) is 30.2 Å². The highest BCUT2D eigenvalue weighted by molar-refractivity contribution is 7.89. The van der Waals surface area contributed by atoms with Crippen LogP contribution in [0.2, 0.25) is 0 Å². The number of rotatable bonds is 9. The summed E-state index contributed by atoms with van der Waals surface area (Å²) in [6.07, 6.45) is 0.634. The van der Waals surface area contributed by atoms with Gasteiger partial charge in [-0.15, -0.1) is 0 Å². The second-order valence-electron chi connectivity index (χ2n) is 5.78. The molecule has 0 aliphatic heterocycles. The van der Waals surface area contributed by atoms with Crippen molar-refractivity contribution < 1.29 is 17.9 Å². The van der Waals surface area contributed by atoms with Gasteiger partial charge in [0.05, 0.1) is 12.0 Å². The lowest BCUT2D eigenvalue weighted by molar-refractivity contribution is -0.128. The second-order valence-corrected chi connectivity index (χ2v) is 7.55. The van der Waals surface area contributed by atoms with E-state index in [0.717, 1.165) is 11.3 Å². The van der Waals surface area contributed by atoms with Gasteiger partial charge in [0.2, 0.25) is 15.9 Å². The molecule has 2 aromatic rings. The summed E-state index contributed by atoms with van der Waals surface area (Å²) in [5.41, 5.74) is 1.01. The average Bonchev–Trinajstić information content (AvgIpc) is 2.65. The van der Waals surface area contributed by atoms with Gasteiger partial charge in [0, 0.05) is 26.6 Å². The first-order valence-corrected chi connectivity index (χ1v) is 9.84. The molecule has 0 bridgehead atoms. The summed E-state index contributed by atoms with van der Waals surface area (Å²) in [6.45, 7) is 2.43. The number of nitrogens with zero attached hydrogens (tertiary/aromatic N) is 1. The summed E-state index contributed by atoms with van der Waals surface area (Å²) in [4.78, 5) is 13.7. The first-order valence-electron chi connectivity index (χ1n) is 8.36. The minimum Gasteiger partial charge on any atom is -0.496 e. The Balaban J connectivity index is 1.91. The molecular weight excluding hydrogens is 352 g/mol. The number of hydrogen-bond acceptors (Lipinski definition) is 4. The smallest absolute Gasteiger partial charge is 0.240 e. The van der Waals surface area contributed by atoms with Gasteiger partial charge in [-0.1, -0.05) is 36.4 Å². The molecule has 0 radical (unpaired) electrons. The number of amides is 1. The van der Waals surface area contributed by atoms with Gasteiger partial charge >= 0.3 is 0 Å². The minimum atomic E-state index is -3.57. The van der Waals surface area contributed by atoms with E-state index in [1.54, 1.807) is 30.2 Å². The van der Waals surface area contributed by atoms with E-state index in [9.17, 15) is 13.2 Å². The van der Waals surface area contributed by atoms with Crippen molar-refractivity contribution in [2.75, 3.05) is 26.7 Å². The van der Waals surface area contributed by atoms with Crippen molar-refractivity contribution in [3.8, 4) is 5.75 Å². The topological polar surface area (TPSA) is 75.7 Å². The Kier molecular flexibility index (Phi) is 7.17. The molecule has 0 aliphatic carbocycles. The number of nitrogens with one attached hydrogen (secondary N) is 1. The number of sulfonamides is 1. The van der Waals surface area contributed by atoms with E-state index < -0.39 is 10.0 Å². The van der Waals surface area contributed by atoms with E-state index in [1.165, 1.54) is 19.1 Å². The van der Waals surface area contributed by atoms with E-state index in [-0.39, 0.29) is 17.3 Å². The summed E-state index contributed by atoms with van der Waals surface area (Å²) in [7, 11) is -1.96. The molecule has 0 saturated carbocycles. The summed E-state index contributed by atoms with van der Waals surface area (Å²) in [6, 6.07) is 15.8. The van der Waals surface area contributed by atoms with Gasteiger partial charge in [0.15, 0.2) is 0 Å². The predicted octanol–water partition coefficient (Wildman–Crippen LogP) is 2.06. The van der Waals surface area contributed by atoms with Gasteiger partial charge in [0.25, 0.3) is 0 Å². The zero-order chi connectivity index (χ0) is 19.0. The number of hydrogen-bond donors (Lipinski definition) is 1. The van der Waals surface area contributed by atoms with Gasteiger partial charge in [0.1, 0.15) is 5.75 Å². The van der Waals surface area contributed by atoms with Crippen molar-refractivity contribution in [2.45, 2.75) is 18.2 Å². The molecule has 1 amide bonds. The second kappa shape index (κ2) is 9.35. The largest absolute Gasteiger partial charge is 0.496 e. The van der Waals surface area contributed by atoms with Crippen molar-refractivity contribution in [3.63, 3.8) is 0 Å². The fourth-order valence-corrected chi connectivity index (χ4v) is 3.63. The number of ether oxygens (including phenoxy) is 1. The zero-order valence-corrected chi connectivity index (χ0v) is 15.8. The van der Waals surface area contributed by atoms with Crippen LogP contribution in [0.15, 0.2) is 59.5 Å². The third-order valence-electron chi connectivity index (χ3n) is 4.02. The number of para-hydroxylation sites is 1. The molecule has 0 fully saturated rings. The Labute approximate surface area is 154 Å². The molecule has 0 aliphatic rings. The van der Waals surface area contributed by atoms with Crippen LogP contribution in [0.4, 0.5) is 0 Å². The van der Waals surface area contributed by atoms with E-state index in [0.29, 0.717) is 19.5 Å². The number of methoxy groups -OCH3 is 1. The van der Waals surface area contributed by atoms with Crippen molar-refractivity contribution in [2.24, 2.45) is 0 Å². The van der Waals surface area contributed by atoms with Crippen molar-refractivity contribution in [1.82, 2.24) is 9.62 Å². The van der Waals surface area contributed by atoms with Gasteiger partial charge in [-0.2, -0.15) is 0 Å². The van der Waals surface area contributed by atoms with Crippen molar-refractivity contribution >= 4 is 15.9 Å². The Morgan fingerprint density at radius 1 is 1.04 bits per heavy atom. The van der Waals surface area contributed by atoms with Gasteiger partial charge in [-0.3, -0.25) is 4.79 Å².